The molecule has 0 aromatic carbocycles. The third-order valence-corrected chi connectivity index (χ3v) is 11.9. The zero-order valence-electron chi connectivity index (χ0n) is 42.9. The summed E-state index contributed by atoms with van der Waals surface area (Å²) in [6.07, 6.45) is 61.8. The van der Waals surface area contributed by atoms with Gasteiger partial charge in [-0.2, -0.15) is 0 Å². The van der Waals surface area contributed by atoms with Crippen LogP contribution < -0.4 is 4.89 Å². The maximum absolute atomic E-state index is 12.8. The van der Waals surface area contributed by atoms with Crippen LogP contribution in [0.3, 0.4) is 0 Å². The van der Waals surface area contributed by atoms with Crippen LogP contribution in [-0.4, -0.2) is 70.0 Å². The van der Waals surface area contributed by atoms with Gasteiger partial charge in [0.2, 0.25) is 0 Å². The molecule has 380 valence electrons. The summed E-state index contributed by atoms with van der Waals surface area (Å²) in [6.45, 7) is 4.10. The largest absolute Gasteiger partial charge is 0.756 e. The predicted octanol–water partition coefficient (Wildman–Crippen LogP) is 15.3. The third kappa shape index (κ3) is 50.6. The SMILES string of the molecule is CC/C=C\C/C=C\C/C=C\C/C=C\C/C=C\C/C=C\C/C=C\CCCCCCCC(=O)OC(COC(=O)CCCCCCCCCCCCCCCCC)COP(=O)([O-])OCC[N+](C)(C)C. The van der Waals surface area contributed by atoms with Crippen LogP contribution >= 0.6 is 7.82 Å². The average molecular weight is 944 g/mol. The minimum absolute atomic E-state index is 0.0381. The number of esters is 2. The Balaban J connectivity index is 4.29. The van der Waals surface area contributed by atoms with Crippen LogP contribution in [0.25, 0.3) is 0 Å². The molecule has 0 N–H and O–H groups in total. The Morgan fingerprint density at radius 2 is 0.864 bits per heavy atom. The number of carbonyl (C=O) groups is 2. The molecular formula is C56H98NO8P. The summed E-state index contributed by atoms with van der Waals surface area (Å²) in [5.41, 5.74) is 0. The van der Waals surface area contributed by atoms with E-state index >= 15 is 0 Å². The molecule has 0 spiro atoms. The molecular weight excluding hydrogens is 846 g/mol. The third-order valence-electron chi connectivity index (χ3n) is 10.9. The first-order chi connectivity index (χ1) is 32.0. The van der Waals surface area contributed by atoms with Gasteiger partial charge in [-0.3, -0.25) is 14.2 Å². The first-order valence-electron chi connectivity index (χ1n) is 26.3. The molecule has 66 heavy (non-hydrogen) atoms. The van der Waals surface area contributed by atoms with E-state index in [9.17, 15) is 19.0 Å². The minimum Gasteiger partial charge on any atom is -0.756 e. The number of hydrogen-bond donors (Lipinski definition) is 0. The van der Waals surface area contributed by atoms with E-state index in [0.29, 0.717) is 17.4 Å². The van der Waals surface area contributed by atoms with Gasteiger partial charge < -0.3 is 27.9 Å². The molecule has 0 aliphatic carbocycles. The number of quaternary nitrogens is 1. The number of ether oxygens (including phenoxy) is 2. The second kappa shape index (κ2) is 47.3. The van der Waals surface area contributed by atoms with Gasteiger partial charge in [0.05, 0.1) is 27.7 Å². The maximum atomic E-state index is 12.8. The van der Waals surface area contributed by atoms with E-state index in [2.05, 4.69) is 98.9 Å². The Morgan fingerprint density at radius 3 is 1.29 bits per heavy atom. The van der Waals surface area contributed by atoms with Crippen molar-refractivity contribution in [2.24, 2.45) is 0 Å². The van der Waals surface area contributed by atoms with Crippen LogP contribution in [0, 0.1) is 0 Å². The Hall–Kier alpha value is -2.81. The highest BCUT2D eigenvalue weighted by Gasteiger charge is 2.21. The van der Waals surface area contributed by atoms with Gasteiger partial charge in [0, 0.05) is 12.8 Å². The van der Waals surface area contributed by atoms with E-state index in [1.807, 2.05) is 21.1 Å². The maximum Gasteiger partial charge on any atom is 0.306 e. The lowest BCUT2D eigenvalue weighted by atomic mass is 10.0. The molecule has 10 heteroatoms. The zero-order chi connectivity index (χ0) is 48.5. The molecule has 0 aromatic rings. The molecule has 0 rings (SSSR count). The van der Waals surface area contributed by atoms with Gasteiger partial charge >= 0.3 is 11.9 Å². The normalized spacial score (nSPS) is 14.1. The summed E-state index contributed by atoms with van der Waals surface area (Å²) in [6, 6.07) is 0. The second-order valence-corrected chi connectivity index (χ2v) is 19.9. The van der Waals surface area contributed by atoms with Crippen LogP contribution in [0.5, 0.6) is 0 Å². The van der Waals surface area contributed by atoms with Crippen LogP contribution in [0.1, 0.15) is 206 Å². The van der Waals surface area contributed by atoms with Gasteiger partial charge in [-0.25, -0.2) is 0 Å². The summed E-state index contributed by atoms with van der Waals surface area (Å²) in [7, 11) is 1.14. The molecule has 0 bridgehead atoms. The van der Waals surface area contributed by atoms with Gasteiger partial charge in [-0.15, -0.1) is 0 Å². The summed E-state index contributed by atoms with van der Waals surface area (Å²) < 4.78 is 34.0. The molecule has 0 saturated carbocycles. The highest BCUT2D eigenvalue weighted by Crippen LogP contribution is 2.38. The zero-order valence-corrected chi connectivity index (χ0v) is 43.8. The van der Waals surface area contributed by atoms with E-state index in [4.69, 9.17) is 18.5 Å². The fraction of sp³-hybridized carbons (Fsp3) is 0.714. The van der Waals surface area contributed by atoms with E-state index in [0.717, 1.165) is 96.3 Å². The van der Waals surface area contributed by atoms with Crippen molar-refractivity contribution in [3.8, 4) is 0 Å². The number of unbranched alkanes of at least 4 members (excludes halogenated alkanes) is 19. The highest BCUT2D eigenvalue weighted by molar-refractivity contribution is 7.45. The van der Waals surface area contributed by atoms with Gasteiger partial charge in [0.1, 0.15) is 19.8 Å². The molecule has 0 saturated heterocycles. The molecule has 0 aliphatic heterocycles. The quantitative estimate of drug-likeness (QED) is 0.0195. The van der Waals surface area contributed by atoms with Crippen molar-refractivity contribution in [1.82, 2.24) is 0 Å². The van der Waals surface area contributed by atoms with Gasteiger partial charge in [-0.1, -0.05) is 208 Å². The molecule has 0 amide bonds. The standard InChI is InChI=1S/C56H98NO8P/c1-6-8-10-12-14-16-18-20-22-23-24-25-26-27-28-29-30-31-32-33-35-37-39-41-43-45-47-49-56(59)65-54(53-64-66(60,61)63-51-50-57(3,4)5)52-62-55(58)48-46-44-42-40-38-36-34-21-19-17-15-13-11-9-7-2/h8,10,14,16,20,22,24-25,27-28,30-31,33,35,54H,6-7,9,11-13,15,17-19,21,23,26,29,32,34,36-53H2,1-5H3/b10-8-,16-14-,22-20-,25-24-,28-27-,31-30-,35-33-. The fourth-order valence-corrected chi connectivity index (χ4v) is 7.60. The number of rotatable bonds is 47. The monoisotopic (exact) mass is 944 g/mol. The molecule has 2 unspecified atom stereocenters. The fourth-order valence-electron chi connectivity index (χ4n) is 6.87. The van der Waals surface area contributed by atoms with Crippen LogP contribution in [-0.2, 0) is 32.7 Å². The van der Waals surface area contributed by atoms with Crippen LogP contribution in [0.2, 0.25) is 0 Å². The van der Waals surface area contributed by atoms with Gasteiger partial charge in [-0.05, 0) is 70.6 Å². The van der Waals surface area contributed by atoms with Crippen molar-refractivity contribution in [1.29, 1.82) is 0 Å². The average Bonchev–Trinajstić information content (AvgIpc) is 3.27. The van der Waals surface area contributed by atoms with E-state index in [1.54, 1.807) is 0 Å². The topological polar surface area (TPSA) is 111 Å². The van der Waals surface area contributed by atoms with Gasteiger partial charge in [0.15, 0.2) is 6.10 Å². The minimum atomic E-state index is -4.64. The number of hydrogen-bond acceptors (Lipinski definition) is 8. The molecule has 9 nitrogen and oxygen atoms in total. The van der Waals surface area contributed by atoms with Crippen molar-refractivity contribution < 1.29 is 42.1 Å². The Kier molecular flexibility index (Phi) is 45.3. The first kappa shape index (κ1) is 63.2. The lowest BCUT2D eigenvalue weighted by Crippen LogP contribution is -2.37. The molecule has 0 heterocycles. The Bertz CT molecular complexity index is 1390. The molecule has 2 atom stereocenters. The van der Waals surface area contributed by atoms with Crippen molar-refractivity contribution in [3.63, 3.8) is 0 Å². The second-order valence-electron chi connectivity index (χ2n) is 18.5. The molecule has 0 aliphatic rings. The van der Waals surface area contributed by atoms with E-state index in [1.165, 1.54) is 77.0 Å². The number of phosphoric ester groups is 1. The highest BCUT2D eigenvalue weighted by atomic mass is 31.2. The number of carbonyl (C=O) groups excluding carboxylic acids is 2. The number of phosphoric acid groups is 1. The number of likely N-dealkylation sites (N-methyl/N-ethyl adjacent to an activating group) is 1. The van der Waals surface area contributed by atoms with Crippen molar-refractivity contribution in [2.75, 3.05) is 47.5 Å². The molecule has 0 radical (unpaired) electrons. The lowest BCUT2D eigenvalue weighted by Gasteiger charge is -2.28. The van der Waals surface area contributed by atoms with Gasteiger partial charge in [0.25, 0.3) is 7.82 Å². The van der Waals surface area contributed by atoms with Crippen molar-refractivity contribution in [2.45, 2.75) is 213 Å². The van der Waals surface area contributed by atoms with E-state index in [-0.39, 0.29) is 26.1 Å². The first-order valence-corrected chi connectivity index (χ1v) is 27.8. The summed E-state index contributed by atoms with van der Waals surface area (Å²) >= 11 is 0. The summed E-state index contributed by atoms with van der Waals surface area (Å²) in [5.74, 6) is -0.857. The lowest BCUT2D eigenvalue weighted by molar-refractivity contribution is -0.870. The summed E-state index contributed by atoms with van der Waals surface area (Å²) in [5, 5.41) is 0. The Labute approximate surface area is 405 Å². The predicted molar refractivity (Wildman–Crippen MR) is 277 cm³/mol. The van der Waals surface area contributed by atoms with Crippen molar-refractivity contribution in [3.05, 3.63) is 85.1 Å². The van der Waals surface area contributed by atoms with Crippen molar-refractivity contribution >= 4 is 19.8 Å². The summed E-state index contributed by atoms with van der Waals surface area (Å²) in [4.78, 5) is 37.7. The number of allylic oxidation sites excluding steroid dienone is 14. The Morgan fingerprint density at radius 1 is 0.485 bits per heavy atom. The van der Waals surface area contributed by atoms with Crippen LogP contribution in [0.4, 0.5) is 0 Å². The number of nitrogens with zero attached hydrogens (tertiary/aromatic N) is 1. The molecule has 0 aromatic heterocycles. The van der Waals surface area contributed by atoms with E-state index < -0.39 is 32.5 Å². The smallest absolute Gasteiger partial charge is 0.306 e. The van der Waals surface area contributed by atoms with Crippen LogP contribution in [0.15, 0.2) is 85.1 Å². The molecule has 0 fully saturated rings.